The lowest BCUT2D eigenvalue weighted by atomic mass is 10.5. The van der Waals surface area contributed by atoms with Gasteiger partial charge in [-0.2, -0.15) is 11.8 Å². The van der Waals surface area contributed by atoms with Crippen LogP contribution in [-0.4, -0.2) is 35.5 Å². The van der Waals surface area contributed by atoms with Gasteiger partial charge in [0.1, 0.15) is 0 Å². The van der Waals surface area contributed by atoms with Crippen molar-refractivity contribution in [1.82, 2.24) is 4.90 Å². The number of hydrogen-bond acceptors (Lipinski definition) is 3. The highest BCUT2D eigenvalue weighted by atomic mass is 32.2. The van der Waals surface area contributed by atoms with E-state index in [2.05, 4.69) is 21.3 Å². The zero-order valence-corrected chi connectivity index (χ0v) is 10.2. The Balaban J connectivity index is 1.88. The average molecular weight is 241 g/mol. The third kappa shape index (κ3) is 3.14. The molecule has 0 radical (unpaired) electrons. The zero-order valence-electron chi connectivity index (χ0n) is 8.56. The molecule has 2 heterocycles. The van der Waals surface area contributed by atoms with Crippen LogP contribution in [0.4, 0.5) is 0 Å². The Morgan fingerprint density at radius 1 is 1.47 bits per heavy atom. The molecule has 2 rings (SSSR count). The number of nitrogens with zero attached hydrogens (tertiary/aromatic N) is 2. The first kappa shape index (κ1) is 10.8. The molecule has 0 amide bonds. The lowest BCUT2D eigenvalue weighted by Crippen LogP contribution is -2.42. The molecule has 2 N–H and O–H groups in total. The minimum Gasteiger partial charge on any atom is -0.370 e. The van der Waals surface area contributed by atoms with Crippen molar-refractivity contribution in [2.75, 3.05) is 24.6 Å². The second-order valence-electron chi connectivity index (χ2n) is 3.35. The summed E-state index contributed by atoms with van der Waals surface area (Å²) in [5.41, 5.74) is 5.94. The lowest BCUT2D eigenvalue weighted by molar-refractivity contribution is 0.456. The molecular formula is C10H15N3S2. The highest BCUT2D eigenvalue weighted by Gasteiger charge is 2.11. The Morgan fingerprint density at radius 2 is 2.27 bits per heavy atom. The highest BCUT2D eigenvalue weighted by molar-refractivity contribution is 7.99. The Morgan fingerprint density at radius 3 is 2.93 bits per heavy atom. The molecule has 1 saturated heterocycles. The first-order chi connectivity index (χ1) is 7.36. The summed E-state index contributed by atoms with van der Waals surface area (Å²) in [6.07, 6.45) is 0. The van der Waals surface area contributed by atoms with Crippen LogP contribution in [0, 0.1) is 0 Å². The summed E-state index contributed by atoms with van der Waals surface area (Å²) < 4.78 is 0. The molecule has 1 fully saturated rings. The summed E-state index contributed by atoms with van der Waals surface area (Å²) in [7, 11) is 0. The van der Waals surface area contributed by atoms with Gasteiger partial charge in [-0.15, -0.1) is 11.3 Å². The van der Waals surface area contributed by atoms with E-state index in [9.17, 15) is 0 Å². The van der Waals surface area contributed by atoms with Crippen molar-refractivity contribution in [3.63, 3.8) is 0 Å². The van der Waals surface area contributed by atoms with Crippen molar-refractivity contribution in [3.05, 3.63) is 22.4 Å². The van der Waals surface area contributed by atoms with E-state index < -0.39 is 0 Å². The van der Waals surface area contributed by atoms with Crippen molar-refractivity contribution >= 4 is 29.1 Å². The smallest absolute Gasteiger partial charge is 0.191 e. The molecular weight excluding hydrogens is 226 g/mol. The number of hydrogen-bond donors (Lipinski definition) is 1. The summed E-state index contributed by atoms with van der Waals surface area (Å²) in [6.45, 7) is 2.78. The summed E-state index contributed by atoms with van der Waals surface area (Å²) >= 11 is 3.71. The Kier molecular flexibility index (Phi) is 3.91. The van der Waals surface area contributed by atoms with Crippen molar-refractivity contribution in [1.29, 1.82) is 0 Å². The third-order valence-corrected chi connectivity index (χ3v) is 4.12. The van der Waals surface area contributed by atoms with Gasteiger partial charge >= 0.3 is 0 Å². The van der Waals surface area contributed by atoms with E-state index in [1.54, 1.807) is 11.3 Å². The standard InChI is InChI=1S/C10H15N3S2/c11-10(13-3-6-14-7-4-13)12-8-9-2-1-5-15-9/h1-2,5H,3-4,6-8H2,(H2,11,12). The Hall–Kier alpha value is -0.680. The summed E-state index contributed by atoms with van der Waals surface area (Å²) in [5.74, 6) is 3.02. The van der Waals surface area contributed by atoms with Crippen LogP contribution >= 0.6 is 23.1 Å². The number of rotatable bonds is 2. The molecule has 3 nitrogen and oxygen atoms in total. The number of nitrogens with two attached hydrogens (primary N) is 1. The van der Waals surface area contributed by atoms with Gasteiger partial charge in [0.05, 0.1) is 6.54 Å². The van der Waals surface area contributed by atoms with Crippen LogP contribution in [0.2, 0.25) is 0 Å². The fraction of sp³-hybridized carbons (Fsp3) is 0.500. The van der Waals surface area contributed by atoms with Gasteiger partial charge in [0.2, 0.25) is 0 Å². The fourth-order valence-electron chi connectivity index (χ4n) is 1.45. The van der Waals surface area contributed by atoms with Gasteiger partial charge in [0.15, 0.2) is 5.96 Å². The second kappa shape index (κ2) is 5.42. The van der Waals surface area contributed by atoms with Gasteiger partial charge in [-0.1, -0.05) is 6.07 Å². The van der Waals surface area contributed by atoms with Gasteiger partial charge < -0.3 is 10.6 Å². The van der Waals surface area contributed by atoms with Crippen LogP contribution in [0.1, 0.15) is 4.88 Å². The van der Waals surface area contributed by atoms with E-state index in [-0.39, 0.29) is 0 Å². The first-order valence-corrected chi connectivity index (χ1v) is 7.04. The molecule has 5 heteroatoms. The van der Waals surface area contributed by atoms with Gasteiger partial charge in [0.25, 0.3) is 0 Å². The van der Waals surface area contributed by atoms with Crippen LogP contribution in [0.5, 0.6) is 0 Å². The topological polar surface area (TPSA) is 41.6 Å². The maximum Gasteiger partial charge on any atom is 0.191 e. The number of aliphatic imine (C=N–C) groups is 1. The Labute approximate surface area is 98.4 Å². The molecule has 1 aliphatic heterocycles. The van der Waals surface area contributed by atoms with E-state index in [0.29, 0.717) is 12.5 Å². The third-order valence-electron chi connectivity index (χ3n) is 2.31. The van der Waals surface area contributed by atoms with Crippen LogP contribution in [-0.2, 0) is 6.54 Å². The summed E-state index contributed by atoms with van der Waals surface area (Å²) in [5, 5.41) is 2.07. The molecule has 15 heavy (non-hydrogen) atoms. The molecule has 0 atom stereocenters. The quantitative estimate of drug-likeness (QED) is 0.632. The predicted molar refractivity (Wildman–Crippen MR) is 68.5 cm³/mol. The largest absolute Gasteiger partial charge is 0.370 e. The normalized spacial score (nSPS) is 18.1. The van der Waals surface area contributed by atoms with E-state index in [1.165, 1.54) is 4.88 Å². The molecule has 0 saturated carbocycles. The number of guanidine groups is 1. The molecule has 82 valence electrons. The highest BCUT2D eigenvalue weighted by Crippen LogP contribution is 2.11. The van der Waals surface area contributed by atoms with Crippen molar-refractivity contribution in [3.8, 4) is 0 Å². The van der Waals surface area contributed by atoms with Gasteiger partial charge in [-0.05, 0) is 11.4 Å². The molecule has 0 spiro atoms. The fourth-order valence-corrected chi connectivity index (χ4v) is 2.99. The summed E-state index contributed by atoms with van der Waals surface area (Å²) in [6, 6.07) is 4.14. The predicted octanol–water partition coefficient (Wildman–Crippen LogP) is 1.61. The van der Waals surface area contributed by atoms with Crippen LogP contribution < -0.4 is 5.73 Å². The zero-order chi connectivity index (χ0) is 10.5. The van der Waals surface area contributed by atoms with Crippen molar-refractivity contribution in [2.24, 2.45) is 10.7 Å². The van der Waals surface area contributed by atoms with E-state index in [0.717, 1.165) is 24.6 Å². The molecule has 1 aromatic rings. The van der Waals surface area contributed by atoms with Gasteiger partial charge in [-0.25, -0.2) is 4.99 Å². The van der Waals surface area contributed by atoms with Crippen LogP contribution in [0.3, 0.4) is 0 Å². The second-order valence-corrected chi connectivity index (χ2v) is 5.61. The van der Waals surface area contributed by atoms with E-state index in [1.807, 2.05) is 17.8 Å². The van der Waals surface area contributed by atoms with Gasteiger partial charge in [0, 0.05) is 29.5 Å². The molecule has 1 aromatic heterocycles. The first-order valence-electron chi connectivity index (χ1n) is 5.01. The Bertz CT molecular complexity index is 315. The van der Waals surface area contributed by atoms with E-state index in [4.69, 9.17) is 5.73 Å². The van der Waals surface area contributed by atoms with Crippen molar-refractivity contribution in [2.45, 2.75) is 6.54 Å². The monoisotopic (exact) mass is 241 g/mol. The molecule has 1 aliphatic rings. The van der Waals surface area contributed by atoms with Crippen LogP contribution in [0.15, 0.2) is 22.5 Å². The number of thiophene rings is 1. The van der Waals surface area contributed by atoms with E-state index >= 15 is 0 Å². The SMILES string of the molecule is NC(=NCc1cccs1)N1CCSCC1. The minimum absolute atomic E-state index is 0.698. The van der Waals surface area contributed by atoms with Crippen molar-refractivity contribution < 1.29 is 0 Å². The molecule has 0 unspecified atom stereocenters. The number of thioether (sulfide) groups is 1. The molecule has 0 bridgehead atoms. The molecule has 0 aromatic carbocycles. The molecule has 0 aliphatic carbocycles. The lowest BCUT2D eigenvalue weighted by Gasteiger charge is -2.27. The van der Waals surface area contributed by atoms with Gasteiger partial charge in [-0.3, -0.25) is 0 Å². The average Bonchev–Trinajstić information content (AvgIpc) is 2.80. The van der Waals surface area contributed by atoms with Crippen LogP contribution in [0.25, 0.3) is 0 Å². The minimum atomic E-state index is 0.698. The summed E-state index contributed by atoms with van der Waals surface area (Å²) in [4.78, 5) is 7.85. The maximum absolute atomic E-state index is 5.94. The maximum atomic E-state index is 5.94.